The van der Waals surface area contributed by atoms with Gasteiger partial charge in [0.25, 0.3) is 0 Å². The molecule has 0 N–H and O–H groups in total. The van der Waals surface area contributed by atoms with Crippen LogP contribution >= 0.6 is 0 Å². The number of nitrogens with zero attached hydrogens (tertiary/aromatic N) is 2. The fourth-order valence-electron chi connectivity index (χ4n) is 2.26. The Morgan fingerprint density at radius 3 is 2.93 bits per heavy atom. The molecule has 2 rings (SSSR count). The maximum Gasteiger partial charge on any atom is 0.125 e. The molecule has 0 unspecified atom stereocenters. The molecule has 0 aromatic carbocycles. The lowest BCUT2D eigenvalue weighted by Crippen LogP contribution is -2.14. The molecule has 0 amide bonds. The molecule has 0 atom stereocenters. The Hall–Kier alpha value is -1.12. The Morgan fingerprint density at radius 1 is 1.43 bits per heavy atom. The van der Waals surface area contributed by atoms with Gasteiger partial charge in [-0.25, -0.2) is 4.98 Å². The molecule has 1 aromatic rings. The summed E-state index contributed by atoms with van der Waals surface area (Å²) >= 11 is 0. The van der Waals surface area contributed by atoms with Crippen LogP contribution < -0.4 is 0 Å². The highest BCUT2D eigenvalue weighted by Crippen LogP contribution is 2.28. The molecular weight excluding hydrogens is 176 g/mol. The van der Waals surface area contributed by atoms with Crippen LogP contribution in [0.15, 0.2) is 12.5 Å². The second kappa shape index (κ2) is 4.40. The molecule has 1 aromatic heterocycles. The van der Waals surface area contributed by atoms with Gasteiger partial charge in [-0.1, -0.05) is 19.3 Å². The zero-order valence-electron chi connectivity index (χ0n) is 8.35. The molecule has 3 nitrogen and oxygen atoms in total. The van der Waals surface area contributed by atoms with E-state index in [2.05, 4.69) is 9.55 Å². The van der Waals surface area contributed by atoms with Crippen molar-refractivity contribution in [3.8, 4) is 0 Å². The number of aldehydes is 1. The maximum atomic E-state index is 10.5. The summed E-state index contributed by atoms with van der Waals surface area (Å²) in [6.45, 7) is 0. The van der Waals surface area contributed by atoms with Gasteiger partial charge < -0.3 is 9.36 Å². The van der Waals surface area contributed by atoms with Crippen molar-refractivity contribution in [2.45, 2.75) is 44.6 Å². The van der Waals surface area contributed by atoms with Crippen molar-refractivity contribution in [3.63, 3.8) is 0 Å². The first-order valence-corrected chi connectivity index (χ1v) is 5.36. The van der Waals surface area contributed by atoms with Gasteiger partial charge in [-0.15, -0.1) is 0 Å². The standard InChI is InChI=1S/C11H16N2O/c14-7-6-11-8-12-9-13(11)10-4-2-1-3-5-10/h7-10H,1-6H2. The van der Waals surface area contributed by atoms with Gasteiger partial charge in [0.2, 0.25) is 0 Å². The molecule has 1 aliphatic carbocycles. The fraction of sp³-hybridized carbons (Fsp3) is 0.636. The Balaban J connectivity index is 2.12. The molecule has 0 aliphatic heterocycles. The van der Waals surface area contributed by atoms with E-state index in [1.807, 2.05) is 12.5 Å². The van der Waals surface area contributed by atoms with Crippen LogP contribution in [0.5, 0.6) is 0 Å². The van der Waals surface area contributed by atoms with Crippen LogP contribution in [-0.4, -0.2) is 15.8 Å². The molecule has 76 valence electrons. The van der Waals surface area contributed by atoms with Crippen LogP contribution in [0.4, 0.5) is 0 Å². The summed E-state index contributed by atoms with van der Waals surface area (Å²) in [5.41, 5.74) is 1.06. The lowest BCUT2D eigenvalue weighted by Gasteiger charge is -2.24. The minimum Gasteiger partial charge on any atom is -0.331 e. The van der Waals surface area contributed by atoms with Crippen LogP contribution in [0.3, 0.4) is 0 Å². The molecule has 0 radical (unpaired) electrons. The number of hydrogen-bond acceptors (Lipinski definition) is 2. The van der Waals surface area contributed by atoms with Crippen LogP contribution in [0.1, 0.15) is 43.8 Å². The van der Waals surface area contributed by atoms with E-state index in [0.29, 0.717) is 12.5 Å². The minimum atomic E-state index is 0.497. The average molecular weight is 192 g/mol. The van der Waals surface area contributed by atoms with Crippen molar-refractivity contribution in [3.05, 3.63) is 18.2 Å². The van der Waals surface area contributed by atoms with Gasteiger partial charge in [-0.3, -0.25) is 0 Å². The number of imidazole rings is 1. The zero-order chi connectivity index (χ0) is 9.80. The lowest BCUT2D eigenvalue weighted by atomic mass is 9.95. The molecule has 1 heterocycles. The summed E-state index contributed by atoms with van der Waals surface area (Å²) in [5.74, 6) is 0. The highest BCUT2D eigenvalue weighted by atomic mass is 16.1. The number of hydrogen-bond donors (Lipinski definition) is 0. The third kappa shape index (κ3) is 1.86. The Kier molecular flexibility index (Phi) is 2.96. The summed E-state index contributed by atoms with van der Waals surface area (Å²) in [7, 11) is 0. The topological polar surface area (TPSA) is 34.9 Å². The van der Waals surface area contributed by atoms with Gasteiger partial charge in [-0.2, -0.15) is 0 Å². The first-order chi connectivity index (χ1) is 6.92. The summed E-state index contributed by atoms with van der Waals surface area (Å²) in [6, 6.07) is 0.584. The maximum absolute atomic E-state index is 10.5. The Morgan fingerprint density at radius 2 is 2.21 bits per heavy atom. The van der Waals surface area contributed by atoms with Gasteiger partial charge in [-0.05, 0) is 12.8 Å². The van der Waals surface area contributed by atoms with E-state index in [1.54, 1.807) is 0 Å². The number of carbonyl (C=O) groups is 1. The van der Waals surface area contributed by atoms with Gasteiger partial charge >= 0.3 is 0 Å². The molecule has 1 saturated carbocycles. The largest absolute Gasteiger partial charge is 0.331 e. The Labute approximate surface area is 84.1 Å². The highest BCUT2D eigenvalue weighted by Gasteiger charge is 2.16. The van der Waals surface area contributed by atoms with Gasteiger partial charge in [0.1, 0.15) is 6.29 Å². The van der Waals surface area contributed by atoms with Crippen molar-refractivity contribution < 1.29 is 4.79 Å². The monoisotopic (exact) mass is 192 g/mol. The minimum absolute atomic E-state index is 0.497. The van der Waals surface area contributed by atoms with E-state index in [1.165, 1.54) is 32.1 Å². The third-order valence-electron chi connectivity index (χ3n) is 3.01. The first kappa shape index (κ1) is 9.44. The lowest BCUT2D eigenvalue weighted by molar-refractivity contribution is -0.107. The van der Waals surface area contributed by atoms with E-state index in [0.717, 1.165) is 12.0 Å². The quantitative estimate of drug-likeness (QED) is 0.688. The van der Waals surface area contributed by atoms with Crippen molar-refractivity contribution in [1.29, 1.82) is 0 Å². The number of carbonyl (C=O) groups excluding carboxylic acids is 1. The highest BCUT2D eigenvalue weighted by molar-refractivity contribution is 5.53. The second-order valence-corrected chi connectivity index (χ2v) is 3.95. The normalized spacial score (nSPS) is 18.3. The van der Waals surface area contributed by atoms with E-state index in [4.69, 9.17) is 0 Å². The van der Waals surface area contributed by atoms with Crippen molar-refractivity contribution in [2.24, 2.45) is 0 Å². The molecular formula is C11H16N2O. The summed E-state index contributed by atoms with van der Waals surface area (Å²) in [5, 5.41) is 0. The van der Waals surface area contributed by atoms with Crippen molar-refractivity contribution in [2.75, 3.05) is 0 Å². The van der Waals surface area contributed by atoms with Crippen LogP contribution in [-0.2, 0) is 11.2 Å². The van der Waals surface area contributed by atoms with E-state index >= 15 is 0 Å². The molecule has 0 spiro atoms. The smallest absolute Gasteiger partial charge is 0.125 e. The first-order valence-electron chi connectivity index (χ1n) is 5.36. The van der Waals surface area contributed by atoms with Crippen molar-refractivity contribution >= 4 is 6.29 Å². The van der Waals surface area contributed by atoms with Crippen LogP contribution in [0.25, 0.3) is 0 Å². The summed E-state index contributed by atoms with van der Waals surface area (Å²) < 4.78 is 2.19. The molecule has 0 bridgehead atoms. The van der Waals surface area contributed by atoms with Gasteiger partial charge in [0.05, 0.1) is 6.33 Å². The fourth-order valence-corrected chi connectivity index (χ4v) is 2.26. The third-order valence-corrected chi connectivity index (χ3v) is 3.01. The van der Waals surface area contributed by atoms with E-state index in [-0.39, 0.29) is 0 Å². The number of rotatable bonds is 3. The van der Waals surface area contributed by atoms with Crippen LogP contribution in [0, 0.1) is 0 Å². The van der Waals surface area contributed by atoms with Gasteiger partial charge in [0, 0.05) is 24.4 Å². The van der Waals surface area contributed by atoms with Crippen LogP contribution in [0.2, 0.25) is 0 Å². The van der Waals surface area contributed by atoms with E-state index in [9.17, 15) is 4.79 Å². The molecule has 1 fully saturated rings. The molecule has 0 saturated heterocycles. The summed E-state index contributed by atoms with van der Waals surface area (Å²) in [4.78, 5) is 14.6. The molecule has 3 heteroatoms. The predicted molar refractivity (Wildman–Crippen MR) is 54.1 cm³/mol. The average Bonchev–Trinajstić information content (AvgIpc) is 2.68. The predicted octanol–water partition coefficient (Wildman–Crippen LogP) is 2.13. The van der Waals surface area contributed by atoms with Crippen molar-refractivity contribution in [1.82, 2.24) is 9.55 Å². The number of aromatic nitrogens is 2. The SMILES string of the molecule is O=CCc1cncn1C1CCCCC1. The summed E-state index contributed by atoms with van der Waals surface area (Å²) in [6.07, 6.45) is 11.6. The van der Waals surface area contributed by atoms with E-state index < -0.39 is 0 Å². The second-order valence-electron chi connectivity index (χ2n) is 3.95. The Bertz CT molecular complexity index is 300. The zero-order valence-corrected chi connectivity index (χ0v) is 8.35. The molecule has 14 heavy (non-hydrogen) atoms. The molecule has 1 aliphatic rings. The van der Waals surface area contributed by atoms with Gasteiger partial charge in [0.15, 0.2) is 0 Å².